The molecule has 0 aromatic heterocycles. The zero-order valence-electron chi connectivity index (χ0n) is 16.4. The Balaban J connectivity index is 1.60. The highest BCUT2D eigenvalue weighted by molar-refractivity contribution is 5.85. The van der Waals surface area contributed by atoms with Crippen molar-refractivity contribution in [3.05, 3.63) is 30.3 Å². The first-order chi connectivity index (χ1) is 13.1. The zero-order valence-corrected chi connectivity index (χ0v) is 16.4. The lowest BCUT2D eigenvalue weighted by molar-refractivity contribution is -0.127. The molecule has 2 saturated heterocycles. The number of rotatable bonds is 5. The lowest BCUT2D eigenvalue weighted by atomic mass is 10.1. The molecule has 0 saturated carbocycles. The van der Waals surface area contributed by atoms with Crippen molar-refractivity contribution in [2.75, 3.05) is 51.8 Å². The van der Waals surface area contributed by atoms with E-state index in [4.69, 9.17) is 4.74 Å². The molecular weight excluding hydrogens is 342 g/mol. The molecule has 7 nitrogen and oxygen atoms in total. The molecule has 27 heavy (non-hydrogen) atoms. The molecule has 2 fully saturated rings. The number of benzene rings is 1. The standard InChI is InChI=1S/C20H31N5O2/c1-24(2)19(26)14-21-20(22-16-9-12-27-13-10-16)23-17-8-11-25(15-17)18-6-4-3-5-7-18/h3-7,16-17H,8-15H2,1-2H3,(H2,21,22,23). The number of guanidine groups is 1. The maximum atomic E-state index is 11.9. The molecule has 2 aliphatic heterocycles. The largest absolute Gasteiger partial charge is 0.381 e. The van der Waals surface area contributed by atoms with Crippen LogP contribution in [0.25, 0.3) is 0 Å². The Hall–Kier alpha value is -2.28. The van der Waals surface area contributed by atoms with Gasteiger partial charge in [-0.3, -0.25) is 4.79 Å². The number of anilines is 1. The van der Waals surface area contributed by atoms with Gasteiger partial charge >= 0.3 is 0 Å². The topological polar surface area (TPSA) is 69.2 Å². The third-order valence-corrected chi connectivity index (χ3v) is 5.08. The van der Waals surface area contributed by atoms with Crippen LogP contribution in [-0.2, 0) is 9.53 Å². The molecule has 1 aromatic rings. The number of nitrogens with one attached hydrogen (secondary N) is 2. The molecule has 148 valence electrons. The third kappa shape index (κ3) is 5.85. The van der Waals surface area contributed by atoms with Gasteiger partial charge in [-0.05, 0) is 31.4 Å². The highest BCUT2D eigenvalue weighted by Gasteiger charge is 2.24. The Morgan fingerprint density at radius 3 is 2.56 bits per heavy atom. The van der Waals surface area contributed by atoms with E-state index in [-0.39, 0.29) is 12.5 Å². The second kappa shape index (κ2) is 9.60. The third-order valence-electron chi connectivity index (χ3n) is 5.08. The fourth-order valence-electron chi connectivity index (χ4n) is 3.40. The number of nitrogens with zero attached hydrogens (tertiary/aromatic N) is 3. The predicted molar refractivity (Wildman–Crippen MR) is 108 cm³/mol. The lowest BCUT2D eigenvalue weighted by Crippen LogP contribution is -2.50. The number of hydrogen-bond donors (Lipinski definition) is 2. The first-order valence-electron chi connectivity index (χ1n) is 9.77. The summed E-state index contributed by atoms with van der Waals surface area (Å²) < 4.78 is 5.44. The molecule has 0 radical (unpaired) electrons. The van der Waals surface area contributed by atoms with Crippen molar-refractivity contribution in [3.8, 4) is 0 Å². The quantitative estimate of drug-likeness (QED) is 0.597. The van der Waals surface area contributed by atoms with Gasteiger partial charge in [0.15, 0.2) is 5.96 Å². The molecule has 2 aliphatic rings. The molecule has 1 aromatic carbocycles. The van der Waals surface area contributed by atoms with Crippen molar-refractivity contribution in [2.24, 2.45) is 4.99 Å². The summed E-state index contributed by atoms with van der Waals surface area (Å²) in [6.45, 7) is 3.64. The molecule has 0 spiro atoms. The molecule has 2 heterocycles. The molecule has 1 unspecified atom stereocenters. The monoisotopic (exact) mass is 373 g/mol. The Kier molecular flexibility index (Phi) is 6.92. The fourth-order valence-corrected chi connectivity index (χ4v) is 3.40. The second-order valence-electron chi connectivity index (χ2n) is 7.40. The van der Waals surface area contributed by atoms with Crippen LogP contribution in [0.4, 0.5) is 5.69 Å². The summed E-state index contributed by atoms with van der Waals surface area (Å²) in [4.78, 5) is 20.4. The number of ether oxygens (including phenoxy) is 1. The van der Waals surface area contributed by atoms with Crippen LogP contribution in [-0.4, -0.2) is 75.8 Å². The van der Waals surface area contributed by atoms with Gasteiger partial charge in [0.05, 0.1) is 0 Å². The van der Waals surface area contributed by atoms with Gasteiger partial charge in [0.2, 0.25) is 5.91 Å². The minimum atomic E-state index is 0.000381. The average Bonchev–Trinajstić information content (AvgIpc) is 3.16. The van der Waals surface area contributed by atoms with Crippen LogP contribution in [0.1, 0.15) is 19.3 Å². The number of likely N-dealkylation sites (N-methyl/N-ethyl adjacent to an activating group) is 1. The number of hydrogen-bond acceptors (Lipinski definition) is 4. The van der Waals surface area contributed by atoms with Crippen molar-refractivity contribution in [2.45, 2.75) is 31.3 Å². The lowest BCUT2D eigenvalue weighted by Gasteiger charge is -2.27. The van der Waals surface area contributed by atoms with E-state index in [1.54, 1.807) is 19.0 Å². The molecule has 0 bridgehead atoms. The summed E-state index contributed by atoms with van der Waals surface area (Å²) in [5.74, 6) is 0.734. The predicted octanol–water partition coefficient (Wildman–Crippen LogP) is 1.07. The SMILES string of the molecule is CN(C)C(=O)CN=C(NC1CCOCC1)NC1CCN(c2ccccc2)C1. The highest BCUT2D eigenvalue weighted by atomic mass is 16.5. The van der Waals surface area contributed by atoms with E-state index in [0.29, 0.717) is 12.1 Å². The fraction of sp³-hybridized carbons (Fsp3) is 0.600. The van der Waals surface area contributed by atoms with Crippen LogP contribution in [0.5, 0.6) is 0 Å². The van der Waals surface area contributed by atoms with Gasteiger partial charge in [0, 0.05) is 58.2 Å². The molecule has 7 heteroatoms. The van der Waals surface area contributed by atoms with Gasteiger partial charge in [-0.15, -0.1) is 0 Å². The molecule has 0 aliphatic carbocycles. The van der Waals surface area contributed by atoms with E-state index in [2.05, 4.69) is 44.8 Å². The zero-order chi connectivity index (χ0) is 19.1. The van der Waals surface area contributed by atoms with Crippen molar-refractivity contribution in [3.63, 3.8) is 0 Å². The molecule has 2 N–H and O–H groups in total. The van der Waals surface area contributed by atoms with Gasteiger partial charge < -0.3 is 25.2 Å². The van der Waals surface area contributed by atoms with E-state index in [1.807, 2.05) is 6.07 Å². The molecular formula is C20H31N5O2. The van der Waals surface area contributed by atoms with Gasteiger partial charge in [-0.1, -0.05) is 18.2 Å². The summed E-state index contributed by atoms with van der Waals surface area (Å²) in [5, 5.41) is 7.04. The minimum absolute atomic E-state index is 0.000381. The summed E-state index contributed by atoms with van der Waals surface area (Å²) in [5.41, 5.74) is 1.25. The van der Waals surface area contributed by atoms with E-state index in [0.717, 1.165) is 51.5 Å². The second-order valence-corrected chi connectivity index (χ2v) is 7.40. The molecule has 3 rings (SSSR count). The number of para-hydroxylation sites is 1. The minimum Gasteiger partial charge on any atom is -0.381 e. The van der Waals surface area contributed by atoms with Crippen LogP contribution in [0.2, 0.25) is 0 Å². The smallest absolute Gasteiger partial charge is 0.243 e. The van der Waals surface area contributed by atoms with Crippen molar-refractivity contribution < 1.29 is 9.53 Å². The Morgan fingerprint density at radius 1 is 1.15 bits per heavy atom. The summed E-state index contributed by atoms with van der Waals surface area (Å²) in [6.07, 6.45) is 2.97. The summed E-state index contributed by atoms with van der Waals surface area (Å²) in [7, 11) is 3.51. The van der Waals surface area contributed by atoms with Crippen molar-refractivity contribution in [1.29, 1.82) is 0 Å². The van der Waals surface area contributed by atoms with Crippen LogP contribution in [0, 0.1) is 0 Å². The van der Waals surface area contributed by atoms with Crippen molar-refractivity contribution in [1.82, 2.24) is 15.5 Å². The first-order valence-corrected chi connectivity index (χ1v) is 9.77. The van der Waals surface area contributed by atoms with E-state index >= 15 is 0 Å². The van der Waals surface area contributed by atoms with Crippen LogP contribution in [0.3, 0.4) is 0 Å². The maximum Gasteiger partial charge on any atom is 0.243 e. The average molecular weight is 374 g/mol. The Labute approximate surface area is 161 Å². The summed E-state index contributed by atoms with van der Waals surface area (Å²) >= 11 is 0. The van der Waals surface area contributed by atoms with Crippen LogP contribution in [0.15, 0.2) is 35.3 Å². The van der Waals surface area contributed by atoms with Gasteiger partial charge in [0.1, 0.15) is 6.54 Å². The molecule has 1 amide bonds. The van der Waals surface area contributed by atoms with E-state index in [1.165, 1.54) is 5.69 Å². The maximum absolute atomic E-state index is 11.9. The van der Waals surface area contributed by atoms with E-state index in [9.17, 15) is 4.79 Å². The Bertz CT molecular complexity index is 629. The highest BCUT2D eigenvalue weighted by Crippen LogP contribution is 2.19. The Morgan fingerprint density at radius 2 is 1.85 bits per heavy atom. The van der Waals surface area contributed by atoms with Crippen LogP contribution < -0.4 is 15.5 Å². The normalized spacial score (nSPS) is 21.2. The number of aliphatic imine (C=N–C) groups is 1. The van der Waals surface area contributed by atoms with Crippen molar-refractivity contribution >= 4 is 17.6 Å². The number of amides is 1. The number of carbonyl (C=O) groups excluding carboxylic acids is 1. The van der Waals surface area contributed by atoms with Gasteiger partial charge in [0.25, 0.3) is 0 Å². The van der Waals surface area contributed by atoms with Gasteiger partial charge in [-0.25, -0.2) is 4.99 Å². The first kappa shape index (κ1) is 19.5. The molecule has 1 atom stereocenters. The summed E-state index contributed by atoms with van der Waals surface area (Å²) in [6, 6.07) is 11.1. The van der Waals surface area contributed by atoms with Crippen LogP contribution >= 0.6 is 0 Å². The van der Waals surface area contributed by atoms with Gasteiger partial charge in [-0.2, -0.15) is 0 Å². The number of carbonyl (C=O) groups is 1. The van der Waals surface area contributed by atoms with E-state index < -0.39 is 0 Å².